The number of aryl methyl sites for hydroxylation is 1. The molecule has 4 aromatic rings. The zero-order valence-corrected chi connectivity index (χ0v) is 25.8. The number of anilines is 4. The Morgan fingerprint density at radius 1 is 0.933 bits per heavy atom. The fraction of sp³-hybridized carbons (Fsp3) is 0.343. The number of carbonyl (C=O) groups excluding carboxylic acids is 1. The average Bonchev–Trinajstić information content (AvgIpc) is 3.90. The Labute approximate surface area is 263 Å². The number of nitrogens with zero attached hydrogens (tertiary/aromatic N) is 5. The highest BCUT2D eigenvalue weighted by Gasteiger charge is 2.30. The molecule has 10 nitrogen and oxygen atoms in total. The number of rotatable bonds is 8. The predicted octanol–water partition coefficient (Wildman–Crippen LogP) is 4.41. The molecular weight excluding hydrogens is 566 g/mol. The van der Waals surface area contributed by atoms with Gasteiger partial charge in [-0.2, -0.15) is 0 Å². The lowest BCUT2D eigenvalue weighted by molar-refractivity contribution is 0.0978. The maximum absolute atomic E-state index is 13.8. The summed E-state index contributed by atoms with van der Waals surface area (Å²) in [7, 11) is 3.85. The number of nitrogens with two attached hydrogens (primary N) is 1. The van der Waals surface area contributed by atoms with E-state index in [1.807, 2.05) is 36.4 Å². The van der Waals surface area contributed by atoms with Gasteiger partial charge in [0.2, 0.25) is 0 Å². The van der Waals surface area contributed by atoms with E-state index in [4.69, 9.17) is 15.7 Å². The molecule has 3 aliphatic rings. The number of hydrogen-bond donors (Lipinski definition) is 2. The first-order valence-corrected chi connectivity index (χ1v) is 15.7. The van der Waals surface area contributed by atoms with Crippen LogP contribution in [0, 0.1) is 0 Å². The number of nitrogens with one attached hydrogen (secondary N) is 1. The Hall–Kier alpha value is -4.51. The van der Waals surface area contributed by atoms with Crippen molar-refractivity contribution in [1.29, 1.82) is 0 Å². The summed E-state index contributed by atoms with van der Waals surface area (Å²) in [5, 5.41) is 3.23. The number of carbonyl (C=O) groups is 1. The molecule has 1 aliphatic carbocycles. The molecule has 0 unspecified atom stereocenters. The topological polar surface area (TPSA) is 109 Å². The molecule has 7 rings (SSSR count). The Morgan fingerprint density at radius 3 is 2.44 bits per heavy atom. The number of likely N-dealkylation sites (N-methyl/N-ethyl adjacent to an activating group) is 1. The number of fused-ring (bicyclic) bond motifs is 1. The fourth-order valence-electron chi connectivity index (χ4n) is 6.49. The summed E-state index contributed by atoms with van der Waals surface area (Å²) >= 11 is 0. The SMILES string of the molecule is CN1CCN(c2ccc(Nc3nc(-c4cccc(N5CCc6cc(C7CC7)ccc6C5=O)c4CON)cn(C)c3=O)cc2)CC1. The Morgan fingerprint density at radius 2 is 1.71 bits per heavy atom. The van der Waals surface area contributed by atoms with Gasteiger partial charge < -0.3 is 24.6 Å². The Bertz CT molecular complexity index is 1790. The lowest BCUT2D eigenvalue weighted by Gasteiger charge is -2.34. The van der Waals surface area contributed by atoms with E-state index in [9.17, 15) is 9.59 Å². The van der Waals surface area contributed by atoms with E-state index >= 15 is 0 Å². The van der Waals surface area contributed by atoms with Crippen molar-refractivity contribution >= 4 is 28.8 Å². The summed E-state index contributed by atoms with van der Waals surface area (Å²) in [5.41, 5.74) is 7.65. The Kier molecular flexibility index (Phi) is 7.87. The summed E-state index contributed by atoms with van der Waals surface area (Å²) < 4.78 is 1.52. The minimum Gasteiger partial charge on any atom is -0.369 e. The second kappa shape index (κ2) is 12.1. The van der Waals surface area contributed by atoms with Gasteiger partial charge in [-0.3, -0.25) is 14.4 Å². The fourth-order valence-corrected chi connectivity index (χ4v) is 6.49. The third kappa shape index (κ3) is 5.84. The van der Waals surface area contributed by atoms with Crippen molar-refractivity contribution in [2.75, 3.05) is 54.9 Å². The predicted molar refractivity (Wildman–Crippen MR) is 177 cm³/mol. The summed E-state index contributed by atoms with van der Waals surface area (Å²) in [4.78, 5) is 43.4. The van der Waals surface area contributed by atoms with Crippen LogP contribution < -0.4 is 26.6 Å². The lowest BCUT2D eigenvalue weighted by Crippen LogP contribution is -2.44. The molecule has 3 N–H and O–H groups in total. The van der Waals surface area contributed by atoms with Crippen molar-refractivity contribution in [3.8, 4) is 11.3 Å². The van der Waals surface area contributed by atoms with Crippen LogP contribution in [0.2, 0.25) is 0 Å². The number of amides is 1. The normalized spacial score (nSPS) is 17.0. The van der Waals surface area contributed by atoms with Crippen LogP contribution in [0.4, 0.5) is 22.9 Å². The molecule has 45 heavy (non-hydrogen) atoms. The zero-order chi connectivity index (χ0) is 31.1. The minimum atomic E-state index is -0.247. The first kappa shape index (κ1) is 29.2. The highest BCUT2D eigenvalue weighted by atomic mass is 16.6. The molecule has 0 bridgehead atoms. The molecule has 2 aliphatic heterocycles. The molecule has 232 valence electrons. The van der Waals surface area contributed by atoms with Gasteiger partial charge in [-0.1, -0.05) is 24.3 Å². The molecule has 3 aromatic carbocycles. The van der Waals surface area contributed by atoms with Gasteiger partial charge in [0.05, 0.1) is 18.0 Å². The van der Waals surface area contributed by atoms with Crippen molar-refractivity contribution < 1.29 is 9.63 Å². The van der Waals surface area contributed by atoms with E-state index in [1.165, 1.54) is 23.0 Å². The maximum Gasteiger partial charge on any atom is 0.293 e. The van der Waals surface area contributed by atoms with E-state index in [0.29, 0.717) is 18.2 Å². The summed E-state index contributed by atoms with van der Waals surface area (Å²) in [6.45, 7) is 4.66. The van der Waals surface area contributed by atoms with Crippen LogP contribution in [0.5, 0.6) is 0 Å². The van der Waals surface area contributed by atoms with Crippen LogP contribution in [0.25, 0.3) is 11.3 Å². The van der Waals surface area contributed by atoms with E-state index in [0.717, 1.165) is 71.9 Å². The maximum atomic E-state index is 13.8. The second-order valence-corrected chi connectivity index (χ2v) is 12.4. The van der Waals surface area contributed by atoms with Gasteiger partial charge in [0.1, 0.15) is 0 Å². The lowest BCUT2D eigenvalue weighted by atomic mass is 9.93. The highest BCUT2D eigenvalue weighted by Crippen LogP contribution is 2.41. The molecule has 1 amide bonds. The zero-order valence-electron chi connectivity index (χ0n) is 25.8. The first-order valence-electron chi connectivity index (χ1n) is 15.7. The summed E-state index contributed by atoms with van der Waals surface area (Å²) in [6.07, 6.45) is 4.94. The molecule has 1 saturated carbocycles. The van der Waals surface area contributed by atoms with Crippen LogP contribution in [0.3, 0.4) is 0 Å². The van der Waals surface area contributed by atoms with E-state index in [2.05, 4.69) is 46.4 Å². The highest BCUT2D eigenvalue weighted by molar-refractivity contribution is 6.09. The number of benzene rings is 3. The molecule has 1 aromatic heterocycles. The summed E-state index contributed by atoms with van der Waals surface area (Å²) in [5.74, 6) is 6.44. The van der Waals surface area contributed by atoms with Gasteiger partial charge >= 0.3 is 0 Å². The Balaban J connectivity index is 1.18. The summed E-state index contributed by atoms with van der Waals surface area (Å²) in [6, 6.07) is 20.1. The van der Waals surface area contributed by atoms with E-state index < -0.39 is 0 Å². The van der Waals surface area contributed by atoms with Crippen LogP contribution in [-0.2, 0) is 24.9 Å². The van der Waals surface area contributed by atoms with Gasteiger partial charge in [0.25, 0.3) is 11.5 Å². The molecule has 0 atom stereocenters. The smallest absolute Gasteiger partial charge is 0.293 e. The second-order valence-electron chi connectivity index (χ2n) is 12.4. The largest absolute Gasteiger partial charge is 0.369 e. The van der Waals surface area contributed by atoms with Gasteiger partial charge in [0.15, 0.2) is 5.82 Å². The number of hydrogen-bond acceptors (Lipinski definition) is 8. The van der Waals surface area contributed by atoms with Crippen molar-refractivity contribution in [2.45, 2.75) is 31.8 Å². The molecule has 0 spiro atoms. The third-order valence-corrected chi connectivity index (χ3v) is 9.27. The molecule has 2 fully saturated rings. The van der Waals surface area contributed by atoms with Crippen molar-refractivity contribution in [3.05, 3.63) is 99.5 Å². The third-order valence-electron chi connectivity index (χ3n) is 9.27. The van der Waals surface area contributed by atoms with Crippen molar-refractivity contribution in [2.24, 2.45) is 12.9 Å². The van der Waals surface area contributed by atoms with Crippen LogP contribution in [0.15, 0.2) is 71.7 Å². The average molecular weight is 606 g/mol. The van der Waals surface area contributed by atoms with Crippen LogP contribution >= 0.6 is 0 Å². The monoisotopic (exact) mass is 605 g/mol. The number of piperazine rings is 1. The van der Waals surface area contributed by atoms with Gasteiger partial charge in [-0.25, -0.2) is 10.9 Å². The minimum absolute atomic E-state index is 0.0372. The van der Waals surface area contributed by atoms with Gasteiger partial charge in [-0.05, 0) is 79.8 Å². The molecule has 10 heteroatoms. The van der Waals surface area contributed by atoms with E-state index in [-0.39, 0.29) is 23.9 Å². The molecule has 1 saturated heterocycles. The van der Waals surface area contributed by atoms with Crippen molar-refractivity contribution in [3.63, 3.8) is 0 Å². The molecule has 3 heterocycles. The van der Waals surface area contributed by atoms with Gasteiger partial charge in [-0.15, -0.1) is 0 Å². The first-order chi connectivity index (χ1) is 21.9. The van der Waals surface area contributed by atoms with Crippen LogP contribution in [-0.4, -0.2) is 60.1 Å². The standard InChI is InChI=1S/C35H39N7O3/c1-39-16-18-41(19-17-39)27-11-9-26(10-12-27)37-33-35(44)40(2)21-31(38-33)29-4-3-5-32(30(29)22-45-36)42-15-14-25-20-24(23-6-7-23)8-13-28(25)34(42)43/h3-5,8-13,20-21,23H,6-7,14-19,22,36H2,1-2H3,(H,37,38). The molecule has 0 radical (unpaired) electrons. The van der Waals surface area contributed by atoms with E-state index in [1.54, 1.807) is 18.1 Å². The van der Waals surface area contributed by atoms with Gasteiger partial charge in [0, 0.05) is 74.0 Å². The van der Waals surface area contributed by atoms with Crippen molar-refractivity contribution in [1.82, 2.24) is 14.5 Å². The number of aromatic nitrogens is 2. The molecular formula is C35H39N7O3. The van der Waals surface area contributed by atoms with Crippen LogP contribution in [0.1, 0.15) is 45.8 Å². The quantitative estimate of drug-likeness (QED) is 0.285.